The van der Waals surface area contributed by atoms with Gasteiger partial charge in [0.1, 0.15) is 0 Å². The number of nitrogens with one attached hydrogen (secondary N) is 2. The summed E-state index contributed by atoms with van der Waals surface area (Å²) in [6.45, 7) is 0.659. The number of benzene rings is 1. The van der Waals surface area contributed by atoms with Crippen LogP contribution in [0.1, 0.15) is 24.8 Å². The number of methoxy groups -OCH3 is 2. The summed E-state index contributed by atoms with van der Waals surface area (Å²) in [5, 5.41) is 3.17. The van der Waals surface area contributed by atoms with E-state index < -0.39 is 11.2 Å². The van der Waals surface area contributed by atoms with E-state index in [0.717, 1.165) is 10.1 Å². The highest BCUT2D eigenvalue weighted by Crippen LogP contribution is 2.29. The van der Waals surface area contributed by atoms with Gasteiger partial charge < -0.3 is 19.8 Å². The van der Waals surface area contributed by atoms with Gasteiger partial charge in [0, 0.05) is 38.0 Å². The summed E-state index contributed by atoms with van der Waals surface area (Å²) in [6.07, 6.45) is 4.73. The molecular weight excluding hydrogens is 388 g/mol. The van der Waals surface area contributed by atoms with Crippen LogP contribution in [0.3, 0.4) is 0 Å². The first kappa shape index (κ1) is 21.1. The van der Waals surface area contributed by atoms with Crippen LogP contribution in [-0.4, -0.2) is 34.7 Å². The van der Waals surface area contributed by atoms with Crippen LogP contribution >= 0.6 is 0 Å². The highest BCUT2D eigenvalue weighted by atomic mass is 16.5. The zero-order valence-electron chi connectivity index (χ0n) is 16.9. The molecule has 0 saturated heterocycles. The zero-order chi connectivity index (χ0) is 21.5. The molecule has 0 saturated carbocycles. The normalized spacial score (nSPS) is 10.7. The van der Waals surface area contributed by atoms with Gasteiger partial charge in [-0.15, -0.1) is 0 Å². The van der Waals surface area contributed by atoms with E-state index >= 15 is 0 Å². The molecule has 0 aliphatic heterocycles. The molecular formula is C21H24N4O5. The third-order valence-corrected chi connectivity index (χ3v) is 4.76. The van der Waals surface area contributed by atoms with E-state index in [1.807, 2.05) is 12.1 Å². The Hall–Kier alpha value is -3.62. The number of rotatable bonds is 9. The Labute approximate surface area is 172 Å². The van der Waals surface area contributed by atoms with Crippen LogP contribution in [0.25, 0.3) is 10.9 Å². The highest BCUT2D eigenvalue weighted by Gasteiger charge is 2.13. The molecule has 1 amide bonds. The standard InChI is InChI=1S/C21H24N4O5/c1-29-17-11-15-16(12-18(17)30-2)24-21(28)25(20(15)27)10-4-3-5-19(26)23-13-14-6-8-22-9-7-14/h6-9,11-12H,3-5,10,13H2,1-2H3,(H,23,26)(H,24,28). The van der Waals surface area contributed by atoms with E-state index in [4.69, 9.17) is 9.47 Å². The lowest BCUT2D eigenvalue weighted by Crippen LogP contribution is -2.35. The second kappa shape index (κ2) is 9.73. The van der Waals surface area contributed by atoms with E-state index in [1.165, 1.54) is 14.2 Å². The van der Waals surface area contributed by atoms with Crippen molar-refractivity contribution in [3.63, 3.8) is 0 Å². The van der Waals surface area contributed by atoms with Crippen molar-refractivity contribution in [2.75, 3.05) is 14.2 Å². The number of amides is 1. The number of fused-ring (bicyclic) bond motifs is 1. The van der Waals surface area contributed by atoms with Gasteiger partial charge >= 0.3 is 5.69 Å². The van der Waals surface area contributed by atoms with Gasteiger partial charge in [0.05, 0.1) is 25.1 Å². The number of hydrogen-bond acceptors (Lipinski definition) is 6. The lowest BCUT2D eigenvalue weighted by Gasteiger charge is -2.11. The van der Waals surface area contributed by atoms with E-state index in [-0.39, 0.29) is 12.5 Å². The first-order chi connectivity index (χ1) is 14.5. The molecule has 0 aliphatic rings. The molecule has 3 aromatic rings. The molecule has 2 heterocycles. The second-order valence-electron chi connectivity index (χ2n) is 6.73. The summed E-state index contributed by atoms with van der Waals surface area (Å²) in [4.78, 5) is 43.7. The van der Waals surface area contributed by atoms with Crippen molar-refractivity contribution in [2.24, 2.45) is 0 Å². The smallest absolute Gasteiger partial charge is 0.328 e. The maximum absolute atomic E-state index is 12.8. The molecule has 1 aromatic carbocycles. The molecule has 2 N–H and O–H groups in total. The number of aromatic amines is 1. The molecule has 30 heavy (non-hydrogen) atoms. The number of ether oxygens (including phenoxy) is 2. The van der Waals surface area contributed by atoms with Crippen LogP contribution in [0, 0.1) is 0 Å². The van der Waals surface area contributed by atoms with Gasteiger partial charge in [0.15, 0.2) is 11.5 Å². The number of pyridine rings is 1. The van der Waals surface area contributed by atoms with Crippen molar-refractivity contribution in [1.82, 2.24) is 19.9 Å². The topological polar surface area (TPSA) is 115 Å². The molecule has 0 spiro atoms. The van der Waals surface area contributed by atoms with Crippen molar-refractivity contribution in [3.05, 3.63) is 63.1 Å². The van der Waals surface area contributed by atoms with Gasteiger partial charge in [-0.2, -0.15) is 0 Å². The van der Waals surface area contributed by atoms with Crippen molar-refractivity contribution in [2.45, 2.75) is 32.4 Å². The second-order valence-corrected chi connectivity index (χ2v) is 6.73. The molecule has 0 atom stereocenters. The number of unbranched alkanes of at least 4 members (excludes halogenated alkanes) is 1. The third-order valence-electron chi connectivity index (χ3n) is 4.76. The minimum atomic E-state index is -0.498. The molecule has 0 bridgehead atoms. The zero-order valence-corrected chi connectivity index (χ0v) is 16.9. The molecule has 158 valence electrons. The maximum Gasteiger partial charge on any atom is 0.328 e. The van der Waals surface area contributed by atoms with Gasteiger partial charge in [-0.25, -0.2) is 4.79 Å². The number of carbonyl (C=O) groups excluding carboxylic acids is 1. The Bertz CT molecular complexity index is 1140. The summed E-state index contributed by atoms with van der Waals surface area (Å²) >= 11 is 0. The molecule has 9 nitrogen and oxygen atoms in total. The van der Waals surface area contributed by atoms with Gasteiger partial charge in [0.25, 0.3) is 5.56 Å². The van der Waals surface area contributed by atoms with Crippen LogP contribution in [-0.2, 0) is 17.9 Å². The van der Waals surface area contributed by atoms with E-state index in [2.05, 4.69) is 15.3 Å². The maximum atomic E-state index is 12.8. The van der Waals surface area contributed by atoms with Gasteiger partial charge in [-0.05, 0) is 36.6 Å². The Morgan fingerprint density at radius 3 is 2.50 bits per heavy atom. The summed E-state index contributed by atoms with van der Waals surface area (Å²) in [5.41, 5.74) is 0.452. The van der Waals surface area contributed by atoms with E-state index in [0.29, 0.717) is 48.2 Å². The largest absolute Gasteiger partial charge is 0.493 e. The Morgan fingerprint density at radius 2 is 1.80 bits per heavy atom. The average molecular weight is 412 g/mol. The predicted octanol–water partition coefficient (Wildman–Crippen LogP) is 1.59. The molecule has 2 aromatic heterocycles. The average Bonchev–Trinajstić information content (AvgIpc) is 2.77. The van der Waals surface area contributed by atoms with Crippen LogP contribution in [0.4, 0.5) is 0 Å². The fourth-order valence-corrected chi connectivity index (χ4v) is 3.13. The van der Waals surface area contributed by atoms with Crippen LogP contribution in [0.15, 0.2) is 46.2 Å². The quantitative estimate of drug-likeness (QED) is 0.516. The summed E-state index contributed by atoms with van der Waals surface area (Å²) < 4.78 is 11.6. The molecule has 0 aliphatic carbocycles. The van der Waals surface area contributed by atoms with Crippen molar-refractivity contribution in [3.8, 4) is 11.5 Å². The van der Waals surface area contributed by atoms with Crippen molar-refractivity contribution >= 4 is 16.8 Å². The SMILES string of the molecule is COc1cc2[nH]c(=O)n(CCCCC(=O)NCc3ccncc3)c(=O)c2cc1OC. The molecule has 0 fully saturated rings. The Balaban J connectivity index is 1.61. The van der Waals surface area contributed by atoms with E-state index in [1.54, 1.807) is 24.5 Å². The number of H-pyrrole nitrogens is 1. The fourth-order valence-electron chi connectivity index (χ4n) is 3.13. The first-order valence-corrected chi connectivity index (χ1v) is 9.58. The summed E-state index contributed by atoms with van der Waals surface area (Å²) in [6, 6.07) is 6.79. The number of hydrogen-bond donors (Lipinski definition) is 2. The molecule has 9 heteroatoms. The van der Waals surface area contributed by atoms with Crippen LogP contribution in [0.5, 0.6) is 11.5 Å². The van der Waals surface area contributed by atoms with E-state index in [9.17, 15) is 14.4 Å². The fraction of sp³-hybridized carbons (Fsp3) is 0.333. The molecule has 0 radical (unpaired) electrons. The van der Waals surface area contributed by atoms with Gasteiger partial charge in [-0.3, -0.25) is 19.1 Å². The third kappa shape index (κ3) is 4.86. The van der Waals surface area contributed by atoms with Crippen LogP contribution in [0.2, 0.25) is 0 Å². The first-order valence-electron chi connectivity index (χ1n) is 9.58. The lowest BCUT2D eigenvalue weighted by atomic mass is 10.2. The number of nitrogens with zero attached hydrogens (tertiary/aromatic N) is 2. The van der Waals surface area contributed by atoms with Gasteiger partial charge in [0.2, 0.25) is 5.91 Å². The van der Waals surface area contributed by atoms with Crippen LogP contribution < -0.4 is 26.0 Å². The minimum Gasteiger partial charge on any atom is -0.493 e. The summed E-state index contributed by atoms with van der Waals surface area (Å²) in [7, 11) is 2.96. The monoisotopic (exact) mass is 412 g/mol. The number of carbonyl (C=O) groups is 1. The summed E-state index contributed by atoms with van der Waals surface area (Å²) in [5.74, 6) is 0.755. The Kier molecular flexibility index (Phi) is 6.84. The van der Waals surface area contributed by atoms with Crippen molar-refractivity contribution in [1.29, 1.82) is 0 Å². The lowest BCUT2D eigenvalue weighted by molar-refractivity contribution is -0.121. The predicted molar refractivity (Wildman–Crippen MR) is 112 cm³/mol. The minimum absolute atomic E-state index is 0.0802. The Morgan fingerprint density at radius 1 is 1.10 bits per heavy atom. The van der Waals surface area contributed by atoms with Crippen molar-refractivity contribution < 1.29 is 14.3 Å². The van der Waals surface area contributed by atoms with Gasteiger partial charge in [-0.1, -0.05) is 0 Å². The molecule has 0 unspecified atom stereocenters. The molecule has 3 rings (SSSR count). The number of aromatic nitrogens is 3. The highest BCUT2D eigenvalue weighted by molar-refractivity contribution is 5.81.